The van der Waals surface area contributed by atoms with Gasteiger partial charge in [-0.25, -0.2) is 0 Å². The van der Waals surface area contributed by atoms with Crippen molar-refractivity contribution in [2.45, 2.75) is 25.8 Å². The number of phenolic OH excluding ortho intramolecular Hbond substituents is 2. The Hall–Kier alpha value is -3.42. The standard InChI is InChI=1S/C22H25NO7/c1-12-8-15(21(26)17(9-12)29-3)20-14-10-13(24)11-16(28-2)19(14)22(27)23(20)7-5-6-18(25)30-4/h8-11,20,24,26H,5-7H2,1-4H3. The summed E-state index contributed by atoms with van der Waals surface area (Å²) < 4.78 is 15.3. The Morgan fingerprint density at radius 3 is 2.37 bits per heavy atom. The summed E-state index contributed by atoms with van der Waals surface area (Å²) in [4.78, 5) is 26.4. The van der Waals surface area contributed by atoms with Crippen LogP contribution in [0.3, 0.4) is 0 Å². The Kier molecular flexibility index (Phi) is 6.05. The van der Waals surface area contributed by atoms with Crippen molar-refractivity contribution in [1.82, 2.24) is 4.90 Å². The lowest BCUT2D eigenvalue weighted by Gasteiger charge is -2.27. The lowest BCUT2D eigenvalue weighted by Crippen LogP contribution is -2.30. The molecule has 2 aromatic rings. The number of phenols is 2. The fraction of sp³-hybridized carbons (Fsp3) is 0.364. The highest BCUT2D eigenvalue weighted by Gasteiger charge is 2.41. The van der Waals surface area contributed by atoms with Gasteiger partial charge in [0.25, 0.3) is 5.91 Å². The molecular formula is C22H25NO7. The first kappa shape index (κ1) is 21.3. The summed E-state index contributed by atoms with van der Waals surface area (Å²) in [6.45, 7) is 2.10. The molecule has 8 heteroatoms. The van der Waals surface area contributed by atoms with Gasteiger partial charge in [-0.05, 0) is 42.7 Å². The molecule has 0 aromatic heterocycles. The van der Waals surface area contributed by atoms with E-state index in [0.717, 1.165) is 5.56 Å². The summed E-state index contributed by atoms with van der Waals surface area (Å²) in [5.74, 6) is -0.294. The zero-order valence-electron chi connectivity index (χ0n) is 17.4. The minimum Gasteiger partial charge on any atom is -0.508 e. The molecule has 1 unspecified atom stereocenters. The minimum absolute atomic E-state index is 0.0566. The highest BCUT2D eigenvalue weighted by Crippen LogP contribution is 2.48. The molecule has 0 aliphatic carbocycles. The van der Waals surface area contributed by atoms with Crippen molar-refractivity contribution < 1.29 is 34.0 Å². The van der Waals surface area contributed by atoms with E-state index in [1.807, 2.05) is 6.92 Å². The molecule has 1 aliphatic rings. The van der Waals surface area contributed by atoms with Gasteiger partial charge in [0.2, 0.25) is 0 Å². The van der Waals surface area contributed by atoms with Crippen molar-refractivity contribution in [3.63, 3.8) is 0 Å². The third kappa shape index (κ3) is 3.72. The normalized spacial score (nSPS) is 15.1. The smallest absolute Gasteiger partial charge is 0.305 e. The Bertz CT molecular complexity index is 986. The largest absolute Gasteiger partial charge is 0.508 e. The molecule has 160 valence electrons. The Morgan fingerprint density at radius 2 is 1.73 bits per heavy atom. The number of aromatic hydroxyl groups is 2. The van der Waals surface area contributed by atoms with Crippen molar-refractivity contribution in [1.29, 1.82) is 0 Å². The molecule has 0 radical (unpaired) electrons. The molecular weight excluding hydrogens is 390 g/mol. The third-order valence-electron chi connectivity index (χ3n) is 5.19. The fourth-order valence-electron chi connectivity index (χ4n) is 3.85. The lowest BCUT2D eigenvalue weighted by molar-refractivity contribution is -0.140. The Balaban J connectivity index is 2.14. The van der Waals surface area contributed by atoms with Crippen LogP contribution in [0.5, 0.6) is 23.0 Å². The molecule has 1 heterocycles. The van der Waals surface area contributed by atoms with Gasteiger partial charge in [-0.3, -0.25) is 9.59 Å². The van der Waals surface area contributed by atoms with Crippen LogP contribution in [-0.2, 0) is 9.53 Å². The monoisotopic (exact) mass is 415 g/mol. The number of hydrogen-bond acceptors (Lipinski definition) is 7. The van der Waals surface area contributed by atoms with E-state index < -0.39 is 6.04 Å². The number of nitrogens with zero attached hydrogens (tertiary/aromatic N) is 1. The third-order valence-corrected chi connectivity index (χ3v) is 5.19. The van der Waals surface area contributed by atoms with Crippen molar-refractivity contribution in [2.24, 2.45) is 0 Å². The van der Waals surface area contributed by atoms with Gasteiger partial charge in [-0.15, -0.1) is 0 Å². The Morgan fingerprint density at radius 1 is 1.03 bits per heavy atom. The summed E-state index contributed by atoms with van der Waals surface area (Å²) in [6.07, 6.45) is 0.524. The van der Waals surface area contributed by atoms with Gasteiger partial charge in [0.05, 0.1) is 32.9 Å². The van der Waals surface area contributed by atoms with Crippen LogP contribution in [0, 0.1) is 6.92 Å². The average molecular weight is 415 g/mol. The van der Waals surface area contributed by atoms with Crippen LogP contribution in [0.1, 0.15) is 45.9 Å². The van der Waals surface area contributed by atoms with Crippen LogP contribution in [0.15, 0.2) is 24.3 Å². The number of aryl methyl sites for hydroxylation is 1. The second kappa shape index (κ2) is 8.52. The molecule has 0 bridgehead atoms. The summed E-state index contributed by atoms with van der Waals surface area (Å²) >= 11 is 0. The van der Waals surface area contributed by atoms with Crippen LogP contribution in [0.2, 0.25) is 0 Å². The molecule has 2 N–H and O–H groups in total. The number of fused-ring (bicyclic) bond motifs is 1. The van der Waals surface area contributed by atoms with Crippen LogP contribution < -0.4 is 9.47 Å². The van der Waals surface area contributed by atoms with Gasteiger partial charge in [-0.1, -0.05) is 0 Å². The van der Waals surface area contributed by atoms with E-state index in [4.69, 9.17) is 9.47 Å². The molecule has 0 saturated carbocycles. The van der Waals surface area contributed by atoms with Crippen LogP contribution >= 0.6 is 0 Å². The number of amides is 1. The highest BCUT2D eigenvalue weighted by molar-refractivity contribution is 6.02. The van der Waals surface area contributed by atoms with E-state index in [2.05, 4.69) is 4.74 Å². The minimum atomic E-state index is -0.681. The van der Waals surface area contributed by atoms with Gasteiger partial charge >= 0.3 is 5.97 Å². The summed E-state index contributed by atoms with van der Waals surface area (Å²) in [5, 5.41) is 21.0. The molecule has 0 spiro atoms. The second-order valence-electron chi connectivity index (χ2n) is 7.10. The van der Waals surface area contributed by atoms with Gasteiger partial charge in [0, 0.05) is 24.6 Å². The average Bonchev–Trinajstić information content (AvgIpc) is 3.00. The number of hydrogen-bond donors (Lipinski definition) is 2. The van der Waals surface area contributed by atoms with E-state index in [1.54, 1.807) is 17.0 Å². The zero-order valence-corrected chi connectivity index (χ0v) is 17.4. The number of methoxy groups -OCH3 is 3. The molecule has 30 heavy (non-hydrogen) atoms. The topological polar surface area (TPSA) is 106 Å². The van der Waals surface area contributed by atoms with Gasteiger partial charge in [0.1, 0.15) is 11.5 Å². The van der Waals surface area contributed by atoms with Crippen molar-refractivity contribution in [3.8, 4) is 23.0 Å². The molecule has 0 saturated heterocycles. The van der Waals surface area contributed by atoms with Crippen molar-refractivity contribution in [3.05, 3.63) is 46.5 Å². The maximum absolute atomic E-state index is 13.3. The number of rotatable bonds is 7. The van der Waals surface area contributed by atoms with Crippen molar-refractivity contribution in [2.75, 3.05) is 27.9 Å². The Labute approximate surface area is 174 Å². The van der Waals surface area contributed by atoms with E-state index >= 15 is 0 Å². The van der Waals surface area contributed by atoms with E-state index in [0.29, 0.717) is 23.1 Å². The first-order chi connectivity index (χ1) is 14.3. The van der Waals surface area contributed by atoms with E-state index in [-0.39, 0.29) is 47.8 Å². The molecule has 8 nitrogen and oxygen atoms in total. The first-order valence-corrected chi connectivity index (χ1v) is 9.48. The zero-order chi connectivity index (χ0) is 22.0. The summed E-state index contributed by atoms with van der Waals surface area (Å²) in [5.41, 5.74) is 2.13. The first-order valence-electron chi connectivity index (χ1n) is 9.48. The van der Waals surface area contributed by atoms with Gasteiger partial charge < -0.3 is 29.3 Å². The predicted molar refractivity (Wildman–Crippen MR) is 108 cm³/mol. The maximum atomic E-state index is 13.3. The molecule has 3 rings (SSSR count). The van der Waals surface area contributed by atoms with Crippen LogP contribution in [0.25, 0.3) is 0 Å². The van der Waals surface area contributed by atoms with E-state index in [1.165, 1.54) is 33.5 Å². The number of carbonyl (C=O) groups is 2. The molecule has 1 aliphatic heterocycles. The number of benzene rings is 2. The lowest BCUT2D eigenvalue weighted by atomic mass is 9.94. The van der Waals surface area contributed by atoms with Gasteiger partial charge in [0.15, 0.2) is 11.5 Å². The van der Waals surface area contributed by atoms with E-state index in [9.17, 15) is 19.8 Å². The SMILES string of the molecule is COC(=O)CCCN1C(=O)c2c(OC)cc(O)cc2C1c1cc(C)cc(OC)c1O. The number of carbonyl (C=O) groups excluding carboxylic acids is 2. The molecule has 2 aromatic carbocycles. The second-order valence-corrected chi connectivity index (χ2v) is 7.10. The van der Waals surface area contributed by atoms with Crippen LogP contribution in [-0.4, -0.2) is 54.9 Å². The number of ether oxygens (including phenoxy) is 3. The van der Waals surface area contributed by atoms with Crippen molar-refractivity contribution >= 4 is 11.9 Å². The van der Waals surface area contributed by atoms with Gasteiger partial charge in [-0.2, -0.15) is 0 Å². The quantitative estimate of drug-likeness (QED) is 0.670. The molecule has 1 amide bonds. The predicted octanol–water partition coefficient (Wildman–Crippen LogP) is 2.92. The maximum Gasteiger partial charge on any atom is 0.305 e. The summed E-state index contributed by atoms with van der Waals surface area (Å²) in [6, 6.07) is 5.66. The molecule has 1 atom stereocenters. The fourth-order valence-corrected chi connectivity index (χ4v) is 3.85. The number of esters is 1. The summed E-state index contributed by atoms with van der Waals surface area (Å²) in [7, 11) is 4.19. The van der Waals surface area contributed by atoms with Crippen LogP contribution in [0.4, 0.5) is 0 Å². The molecule has 0 fully saturated rings. The highest BCUT2D eigenvalue weighted by atomic mass is 16.5.